The Balaban J connectivity index is 1.41. The largest absolute Gasteiger partial charge is 0.462 e. The van der Waals surface area contributed by atoms with Gasteiger partial charge in [-0.25, -0.2) is 4.79 Å². The molecule has 0 spiro atoms. The molecular weight excluding hydrogens is 354 g/mol. The van der Waals surface area contributed by atoms with Gasteiger partial charge in [-0.1, -0.05) is 0 Å². The number of carbonyl (C=O) groups is 2. The van der Waals surface area contributed by atoms with Gasteiger partial charge in [-0.05, 0) is 68.3 Å². The first-order valence-electron chi connectivity index (χ1n) is 9.81. The molecule has 0 saturated carbocycles. The van der Waals surface area contributed by atoms with Gasteiger partial charge in [0.2, 0.25) is 5.91 Å². The lowest BCUT2D eigenvalue weighted by Gasteiger charge is -2.17. The minimum atomic E-state index is -0.329. The number of nitrogens with one attached hydrogen (secondary N) is 2. The Kier molecular flexibility index (Phi) is 6.89. The lowest BCUT2D eigenvalue weighted by molar-refractivity contribution is -0.115. The van der Waals surface area contributed by atoms with Crippen molar-refractivity contribution in [3.8, 4) is 0 Å². The van der Waals surface area contributed by atoms with Crippen molar-refractivity contribution < 1.29 is 14.3 Å². The third-order valence-corrected chi connectivity index (χ3v) is 4.70. The van der Waals surface area contributed by atoms with Crippen LogP contribution >= 0.6 is 0 Å². The summed E-state index contributed by atoms with van der Waals surface area (Å²) in [7, 11) is 0. The maximum atomic E-state index is 12.1. The lowest BCUT2D eigenvalue weighted by atomic mass is 10.2. The molecule has 2 aromatic rings. The summed E-state index contributed by atoms with van der Waals surface area (Å²) in [6, 6.07) is 15.1. The van der Waals surface area contributed by atoms with Crippen LogP contribution in [0.15, 0.2) is 48.5 Å². The first-order chi connectivity index (χ1) is 13.7. The average Bonchev–Trinajstić information content (AvgIpc) is 3.24. The second-order valence-corrected chi connectivity index (χ2v) is 6.76. The minimum Gasteiger partial charge on any atom is -0.462 e. The van der Waals surface area contributed by atoms with Crippen LogP contribution in [0.2, 0.25) is 0 Å². The molecule has 0 aliphatic carbocycles. The quantitative estimate of drug-likeness (QED) is 0.679. The van der Waals surface area contributed by atoms with Gasteiger partial charge in [-0.3, -0.25) is 4.79 Å². The van der Waals surface area contributed by atoms with Gasteiger partial charge >= 0.3 is 5.97 Å². The summed E-state index contributed by atoms with van der Waals surface area (Å²) in [5, 5.41) is 6.11. The number of carbonyl (C=O) groups excluding carboxylic acids is 2. The van der Waals surface area contributed by atoms with Crippen molar-refractivity contribution in [2.45, 2.75) is 26.2 Å². The number of anilines is 3. The molecule has 2 N–H and O–H groups in total. The van der Waals surface area contributed by atoms with Gasteiger partial charge in [0, 0.05) is 43.1 Å². The maximum absolute atomic E-state index is 12.1. The zero-order valence-electron chi connectivity index (χ0n) is 16.2. The molecule has 6 heteroatoms. The standard InChI is InChI=1S/C22H27N3O3/c1-2-28-22(27)17-5-7-18(8-6-17)23-14-13-21(26)24-19-9-11-20(12-10-19)25-15-3-4-16-25/h5-12,23H,2-4,13-16H2,1H3,(H,24,26). The molecule has 0 radical (unpaired) electrons. The van der Waals surface area contributed by atoms with E-state index in [1.807, 2.05) is 12.1 Å². The number of amides is 1. The van der Waals surface area contributed by atoms with E-state index in [0.717, 1.165) is 24.5 Å². The molecule has 1 saturated heterocycles. The number of hydrogen-bond acceptors (Lipinski definition) is 5. The van der Waals surface area contributed by atoms with Crippen molar-refractivity contribution in [3.05, 3.63) is 54.1 Å². The fraction of sp³-hybridized carbons (Fsp3) is 0.364. The van der Waals surface area contributed by atoms with E-state index in [2.05, 4.69) is 27.7 Å². The molecular formula is C22H27N3O3. The zero-order chi connectivity index (χ0) is 19.8. The summed E-state index contributed by atoms with van der Waals surface area (Å²) in [5.41, 5.74) is 3.40. The van der Waals surface area contributed by atoms with Crippen molar-refractivity contribution >= 4 is 28.9 Å². The van der Waals surface area contributed by atoms with E-state index in [0.29, 0.717) is 25.1 Å². The summed E-state index contributed by atoms with van der Waals surface area (Å²) >= 11 is 0. The third-order valence-electron chi connectivity index (χ3n) is 4.70. The Morgan fingerprint density at radius 2 is 1.61 bits per heavy atom. The van der Waals surface area contributed by atoms with Gasteiger partial charge in [0.25, 0.3) is 0 Å². The number of nitrogens with zero attached hydrogens (tertiary/aromatic N) is 1. The van der Waals surface area contributed by atoms with Crippen LogP contribution in [0.25, 0.3) is 0 Å². The van der Waals surface area contributed by atoms with Gasteiger partial charge < -0.3 is 20.3 Å². The fourth-order valence-corrected chi connectivity index (χ4v) is 3.21. The predicted molar refractivity (Wildman–Crippen MR) is 112 cm³/mol. The average molecular weight is 381 g/mol. The van der Waals surface area contributed by atoms with Crippen LogP contribution in [0.3, 0.4) is 0 Å². The normalized spacial score (nSPS) is 13.2. The molecule has 1 aliphatic rings. The molecule has 2 aromatic carbocycles. The van der Waals surface area contributed by atoms with E-state index in [4.69, 9.17) is 4.74 Å². The van der Waals surface area contributed by atoms with Gasteiger partial charge in [0.15, 0.2) is 0 Å². The second kappa shape index (κ2) is 9.78. The van der Waals surface area contributed by atoms with Crippen LogP contribution in [0, 0.1) is 0 Å². The first-order valence-corrected chi connectivity index (χ1v) is 9.81. The highest BCUT2D eigenvalue weighted by molar-refractivity contribution is 5.91. The monoisotopic (exact) mass is 381 g/mol. The van der Waals surface area contributed by atoms with Crippen LogP contribution in [0.1, 0.15) is 36.5 Å². The zero-order valence-corrected chi connectivity index (χ0v) is 16.2. The van der Waals surface area contributed by atoms with Crippen LogP contribution in [0.4, 0.5) is 17.1 Å². The van der Waals surface area contributed by atoms with E-state index >= 15 is 0 Å². The Morgan fingerprint density at radius 3 is 2.25 bits per heavy atom. The molecule has 0 atom stereocenters. The number of benzene rings is 2. The highest BCUT2D eigenvalue weighted by atomic mass is 16.5. The molecule has 148 valence electrons. The highest BCUT2D eigenvalue weighted by Gasteiger charge is 2.12. The van der Waals surface area contributed by atoms with Crippen molar-refractivity contribution in [1.29, 1.82) is 0 Å². The summed E-state index contributed by atoms with van der Waals surface area (Å²) in [5.74, 6) is -0.367. The molecule has 1 amide bonds. The van der Waals surface area contributed by atoms with Crippen LogP contribution in [-0.2, 0) is 9.53 Å². The minimum absolute atomic E-state index is 0.0374. The molecule has 3 rings (SSSR count). The predicted octanol–water partition coefficient (Wildman–Crippen LogP) is 3.90. The summed E-state index contributed by atoms with van der Waals surface area (Å²) in [4.78, 5) is 26.1. The van der Waals surface area contributed by atoms with Crippen molar-refractivity contribution in [2.24, 2.45) is 0 Å². The van der Waals surface area contributed by atoms with Crippen molar-refractivity contribution in [3.63, 3.8) is 0 Å². The van der Waals surface area contributed by atoms with Gasteiger partial charge in [0.05, 0.1) is 12.2 Å². The Morgan fingerprint density at radius 1 is 0.964 bits per heavy atom. The lowest BCUT2D eigenvalue weighted by Crippen LogP contribution is -2.18. The van der Waals surface area contributed by atoms with E-state index in [1.165, 1.54) is 18.5 Å². The van der Waals surface area contributed by atoms with Gasteiger partial charge in [-0.15, -0.1) is 0 Å². The van der Waals surface area contributed by atoms with E-state index < -0.39 is 0 Å². The summed E-state index contributed by atoms with van der Waals surface area (Å²) < 4.78 is 4.96. The number of rotatable bonds is 8. The molecule has 0 unspecified atom stereocenters. The SMILES string of the molecule is CCOC(=O)c1ccc(NCCC(=O)Nc2ccc(N3CCCC3)cc2)cc1. The molecule has 0 aromatic heterocycles. The van der Waals surface area contributed by atoms with Gasteiger partial charge in [0.1, 0.15) is 0 Å². The summed E-state index contributed by atoms with van der Waals surface area (Å²) in [6.07, 6.45) is 2.85. The maximum Gasteiger partial charge on any atom is 0.338 e. The van der Waals surface area contributed by atoms with E-state index in [9.17, 15) is 9.59 Å². The smallest absolute Gasteiger partial charge is 0.338 e. The van der Waals surface area contributed by atoms with E-state index in [1.54, 1.807) is 31.2 Å². The molecule has 1 heterocycles. The molecule has 1 fully saturated rings. The molecule has 0 bridgehead atoms. The van der Waals surface area contributed by atoms with Crippen LogP contribution in [-0.4, -0.2) is 38.1 Å². The third kappa shape index (κ3) is 5.49. The van der Waals surface area contributed by atoms with Crippen LogP contribution in [0.5, 0.6) is 0 Å². The van der Waals surface area contributed by atoms with Gasteiger partial charge in [-0.2, -0.15) is 0 Å². The first kappa shape index (κ1) is 19.7. The fourth-order valence-electron chi connectivity index (χ4n) is 3.21. The Labute approximate surface area is 165 Å². The summed E-state index contributed by atoms with van der Waals surface area (Å²) in [6.45, 7) is 4.86. The highest BCUT2D eigenvalue weighted by Crippen LogP contribution is 2.22. The van der Waals surface area contributed by atoms with Crippen molar-refractivity contribution in [1.82, 2.24) is 0 Å². The van der Waals surface area contributed by atoms with E-state index in [-0.39, 0.29) is 11.9 Å². The number of esters is 1. The van der Waals surface area contributed by atoms with Crippen LogP contribution < -0.4 is 15.5 Å². The topological polar surface area (TPSA) is 70.7 Å². The molecule has 28 heavy (non-hydrogen) atoms. The molecule has 1 aliphatic heterocycles. The Bertz CT molecular complexity index is 782. The molecule has 6 nitrogen and oxygen atoms in total. The number of hydrogen-bond donors (Lipinski definition) is 2. The Hall–Kier alpha value is -3.02. The second-order valence-electron chi connectivity index (χ2n) is 6.76. The van der Waals surface area contributed by atoms with Crippen molar-refractivity contribution in [2.75, 3.05) is 41.8 Å². The number of ether oxygens (including phenoxy) is 1.